The Morgan fingerprint density at radius 2 is 1.00 bits per heavy atom. The molecule has 4 heteroatoms. The van der Waals surface area contributed by atoms with Gasteiger partial charge in [0.25, 0.3) is 0 Å². The Hall–Kier alpha value is -1.52. The van der Waals surface area contributed by atoms with E-state index in [0.29, 0.717) is 0 Å². The third-order valence-electron chi connectivity index (χ3n) is 2.58. The summed E-state index contributed by atoms with van der Waals surface area (Å²) in [6, 6.07) is 16.1. The standard InChI is InChI=1S/C16H16O2S2/c1-17-13-3-7-15(8-4-13)19-11-12-20-16-9-5-14(18-2)6-10-16/h3-12H,1-2H3/b12-11-. The molecule has 0 heterocycles. The van der Waals surface area contributed by atoms with Crippen LogP contribution in [0.2, 0.25) is 0 Å². The molecule has 0 saturated carbocycles. The summed E-state index contributed by atoms with van der Waals surface area (Å²) in [5.74, 6) is 1.76. The molecule has 2 aromatic carbocycles. The minimum absolute atomic E-state index is 0.880. The lowest BCUT2D eigenvalue weighted by molar-refractivity contribution is 0.414. The molecule has 20 heavy (non-hydrogen) atoms. The van der Waals surface area contributed by atoms with E-state index in [4.69, 9.17) is 9.47 Å². The molecular formula is C16H16O2S2. The Labute approximate surface area is 128 Å². The molecule has 0 spiro atoms. The summed E-state index contributed by atoms with van der Waals surface area (Å²) in [5.41, 5.74) is 0. The van der Waals surface area contributed by atoms with Gasteiger partial charge in [-0.3, -0.25) is 0 Å². The molecular weight excluding hydrogens is 288 g/mol. The highest BCUT2D eigenvalue weighted by Crippen LogP contribution is 2.26. The number of ether oxygens (including phenoxy) is 2. The van der Waals surface area contributed by atoms with Crippen LogP contribution in [-0.4, -0.2) is 14.2 Å². The molecule has 104 valence electrons. The summed E-state index contributed by atoms with van der Waals surface area (Å²) < 4.78 is 10.3. The maximum atomic E-state index is 5.13. The van der Waals surface area contributed by atoms with Gasteiger partial charge in [0, 0.05) is 9.79 Å². The summed E-state index contributed by atoms with van der Waals surface area (Å²) in [5, 5.41) is 4.16. The van der Waals surface area contributed by atoms with E-state index < -0.39 is 0 Å². The van der Waals surface area contributed by atoms with E-state index in [-0.39, 0.29) is 0 Å². The van der Waals surface area contributed by atoms with Gasteiger partial charge in [-0.05, 0) is 59.3 Å². The largest absolute Gasteiger partial charge is 0.497 e. The minimum Gasteiger partial charge on any atom is -0.497 e. The highest BCUT2D eigenvalue weighted by molar-refractivity contribution is 8.05. The van der Waals surface area contributed by atoms with Gasteiger partial charge in [-0.15, -0.1) is 0 Å². The molecule has 0 N–H and O–H groups in total. The highest BCUT2D eigenvalue weighted by atomic mass is 32.2. The zero-order valence-corrected chi connectivity index (χ0v) is 13.0. The fraction of sp³-hybridized carbons (Fsp3) is 0.125. The van der Waals surface area contributed by atoms with Crippen LogP contribution in [0.25, 0.3) is 0 Å². The molecule has 0 aliphatic heterocycles. The molecule has 0 atom stereocenters. The summed E-state index contributed by atoms with van der Waals surface area (Å²) in [6.45, 7) is 0. The summed E-state index contributed by atoms with van der Waals surface area (Å²) >= 11 is 3.37. The van der Waals surface area contributed by atoms with Gasteiger partial charge >= 0.3 is 0 Å². The number of hydrogen-bond donors (Lipinski definition) is 0. The maximum absolute atomic E-state index is 5.13. The molecule has 0 aromatic heterocycles. The van der Waals surface area contributed by atoms with Crippen LogP contribution in [-0.2, 0) is 0 Å². The van der Waals surface area contributed by atoms with Crippen LogP contribution in [0.15, 0.2) is 69.1 Å². The molecule has 0 aliphatic carbocycles. The van der Waals surface area contributed by atoms with Gasteiger partial charge in [0.1, 0.15) is 11.5 Å². The van der Waals surface area contributed by atoms with Crippen LogP contribution in [0, 0.1) is 0 Å². The van der Waals surface area contributed by atoms with E-state index in [9.17, 15) is 0 Å². The fourth-order valence-corrected chi connectivity index (χ4v) is 2.87. The van der Waals surface area contributed by atoms with Crippen LogP contribution in [0.3, 0.4) is 0 Å². The zero-order chi connectivity index (χ0) is 14.2. The van der Waals surface area contributed by atoms with Crippen molar-refractivity contribution < 1.29 is 9.47 Å². The van der Waals surface area contributed by atoms with Gasteiger partial charge in [-0.25, -0.2) is 0 Å². The Morgan fingerprint density at radius 1 is 0.650 bits per heavy atom. The Balaban J connectivity index is 1.83. The SMILES string of the molecule is COc1ccc(S/C=C\Sc2ccc(OC)cc2)cc1. The van der Waals surface area contributed by atoms with Crippen LogP contribution in [0.1, 0.15) is 0 Å². The lowest BCUT2D eigenvalue weighted by atomic mass is 10.3. The molecule has 0 unspecified atom stereocenters. The van der Waals surface area contributed by atoms with E-state index in [2.05, 4.69) is 10.8 Å². The van der Waals surface area contributed by atoms with E-state index in [0.717, 1.165) is 11.5 Å². The Bertz CT molecular complexity index is 496. The van der Waals surface area contributed by atoms with Crippen molar-refractivity contribution in [2.24, 2.45) is 0 Å². The van der Waals surface area contributed by atoms with Crippen molar-refractivity contribution in [1.29, 1.82) is 0 Å². The maximum Gasteiger partial charge on any atom is 0.118 e. The summed E-state index contributed by atoms with van der Waals surface area (Å²) in [7, 11) is 3.35. The highest BCUT2D eigenvalue weighted by Gasteiger charge is 1.94. The van der Waals surface area contributed by atoms with Crippen molar-refractivity contribution in [2.45, 2.75) is 9.79 Å². The molecule has 0 radical (unpaired) electrons. The first kappa shape index (κ1) is 14.9. The number of methoxy groups -OCH3 is 2. The summed E-state index contributed by atoms with van der Waals surface area (Å²) in [6.07, 6.45) is 0. The van der Waals surface area contributed by atoms with Gasteiger partial charge < -0.3 is 9.47 Å². The molecule has 0 saturated heterocycles. The summed E-state index contributed by atoms with van der Waals surface area (Å²) in [4.78, 5) is 2.38. The topological polar surface area (TPSA) is 18.5 Å². The number of hydrogen-bond acceptors (Lipinski definition) is 4. The molecule has 0 aliphatic rings. The van der Waals surface area contributed by atoms with Crippen LogP contribution >= 0.6 is 23.5 Å². The minimum atomic E-state index is 0.880. The van der Waals surface area contributed by atoms with Crippen molar-refractivity contribution in [2.75, 3.05) is 14.2 Å². The van der Waals surface area contributed by atoms with Crippen LogP contribution in [0.4, 0.5) is 0 Å². The van der Waals surface area contributed by atoms with Crippen molar-refractivity contribution in [1.82, 2.24) is 0 Å². The fourth-order valence-electron chi connectivity index (χ4n) is 1.52. The predicted octanol–water partition coefficient (Wildman–Crippen LogP) is 5.06. The monoisotopic (exact) mass is 304 g/mol. The van der Waals surface area contributed by atoms with Gasteiger partial charge in [-0.2, -0.15) is 0 Å². The third-order valence-corrected chi connectivity index (χ3v) is 4.39. The molecule has 0 amide bonds. The van der Waals surface area contributed by atoms with E-state index in [1.54, 1.807) is 37.7 Å². The average Bonchev–Trinajstić information content (AvgIpc) is 2.53. The second-order valence-electron chi connectivity index (χ2n) is 3.86. The van der Waals surface area contributed by atoms with Gasteiger partial charge in [0.2, 0.25) is 0 Å². The quantitative estimate of drug-likeness (QED) is 0.694. The van der Waals surface area contributed by atoms with E-state index >= 15 is 0 Å². The van der Waals surface area contributed by atoms with Gasteiger partial charge in [0.05, 0.1) is 14.2 Å². The lowest BCUT2D eigenvalue weighted by Gasteiger charge is -2.01. The molecule has 2 rings (SSSR count). The van der Waals surface area contributed by atoms with Crippen LogP contribution < -0.4 is 9.47 Å². The molecule has 0 fully saturated rings. The smallest absolute Gasteiger partial charge is 0.118 e. The van der Waals surface area contributed by atoms with Crippen LogP contribution in [0.5, 0.6) is 11.5 Å². The zero-order valence-electron chi connectivity index (χ0n) is 11.4. The molecule has 2 aromatic rings. The van der Waals surface area contributed by atoms with Crippen molar-refractivity contribution in [3.63, 3.8) is 0 Å². The van der Waals surface area contributed by atoms with E-state index in [1.807, 2.05) is 48.5 Å². The average molecular weight is 304 g/mol. The Morgan fingerprint density at radius 3 is 1.30 bits per heavy atom. The lowest BCUT2D eigenvalue weighted by Crippen LogP contribution is -1.80. The first-order chi connectivity index (χ1) is 9.81. The van der Waals surface area contributed by atoms with Gasteiger partial charge in [0.15, 0.2) is 0 Å². The van der Waals surface area contributed by atoms with Crippen molar-refractivity contribution in [3.8, 4) is 11.5 Å². The molecule has 2 nitrogen and oxygen atoms in total. The van der Waals surface area contributed by atoms with Gasteiger partial charge in [-0.1, -0.05) is 23.5 Å². The predicted molar refractivity (Wildman–Crippen MR) is 86.8 cm³/mol. The van der Waals surface area contributed by atoms with Crippen molar-refractivity contribution in [3.05, 3.63) is 59.3 Å². The second-order valence-corrected chi connectivity index (χ2v) is 5.82. The number of rotatable bonds is 6. The molecule has 0 bridgehead atoms. The van der Waals surface area contributed by atoms with Crippen molar-refractivity contribution >= 4 is 23.5 Å². The second kappa shape index (κ2) is 7.92. The number of thioether (sulfide) groups is 2. The first-order valence-electron chi connectivity index (χ1n) is 6.08. The third kappa shape index (κ3) is 4.54. The number of benzene rings is 2. The normalized spacial score (nSPS) is 10.7. The Kier molecular flexibility index (Phi) is 5.89. The first-order valence-corrected chi connectivity index (χ1v) is 7.84. The van der Waals surface area contributed by atoms with E-state index in [1.165, 1.54) is 9.79 Å².